The van der Waals surface area contributed by atoms with Crippen LogP contribution >= 0.6 is 11.6 Å². The van der Waals surface area contributed by atoms with Crippen molar-refractivity contribution in [1.29, 1.82) is 0 Å². The quantitative estimate of drug-likeness (QED) is 0.594. The van der Waals surface area contributed by atoms with Crippen molar-refractivity contribution in [1.82, 2.24) is 24.9 Å². The minimum Gasteiger partial charge on any atom is -0.378 e. The van der Waals surface area contributed by atoms with Crippen LogP contribution in [0.3, 0.4) is 0 Å². The van der Waals surface area contributed by atoms with Gasteiger partial charge in [0.15, 0.2) is 0 Å². The van der Waals surface area contributed by atoms with Gasteiger partial charge in [0, 0.05) is 45.6 Å². The zero-order valence-corrected chi connectivity index (χ0v) is 18.3. The maximum atomic E-state index is 13.5. The molecule has 0 aliphatic rings. The lowest BCUT2D eigenvalue weighted by Gasteiger charge is -2.29. The van der Waals surface area contributed by atoms with Crippen LogP contribution in [-0.4, -0.2) is 64.5 Å². The number of rotatable bonds is 8. The maximum absolute atomic E-state index is 13.5. The van der Waals surface area contributed by atoms with E-state index in [1.165, 1.54) is 4.80 Å². The Hall–Kier alpha value is -3.13. The van der Waals surface area contributed by atoms with Gasteiger partial charge in [0.1, 0.15) is 5.82 Å². The van der Waals surface area contributed by atoms with Crippen molar-refractivity contribution in [2.45, 2.75) is 19.4 Å². The molecular weight excluding hydrogens is 402 g/mol. The van der Waals surface area contributed by atoms with Gasteiger partial charge in [-0.05, 0) is 36.8 Å². The molecule has 9 heteroatoms. The summed E-state index contributed by atoms with van der Waals surface area (Å²) in [6, 6.07) is 9.25. The first kappa shape index (κ1) is 21.6. The fourth-order valence-corrected chi connectivity index (χ4v) is 3.21. The van der Waals surface area contributed by atoms with Crippen LogP contribution in [0.25, 0.3) is 5.69 Å². The molecule has 1 atom stereocenters. The Morgan fingerprint density at radius 1 is 1.17 bits per heavy atom. The molecule has 0 aliphatic heterocycles. The van der Waals surface area contributed by atoms with Crippen LogP contribution in [0.15, 0.2) is 48.9 Å². The van der Waals surface area contributed by atoms with Gasteiger partial charge in [-0.1, -0.05) is 18.5 Å². The Labute approximate surface area is 181 Å². The Morgan fingerprint density at radius 3 is 2.50 bits per heavy atom. The number of amides is 1. The highest BCUT2D eigenvalue weighted by Gasteiger charge is 2.24. The minimum atomic E-state index is -0.0938. The van der Waals surface area contributed by atoms with Gasteiger partial charge in [0.2, 0.25) is 0 Å². The number of nitrogens with zero attached hydrogens (tertiary/aromatic N) is 6. The van der Waals surface area contributed by atoms with Crippen molar-refractivity contribution >= 4 is 29.0 Å². The molecule has 0 aliphatic carbocycles. The van der Waals surface area contributed by atoms with E-state index < -0.39 is 0 Å². The lowest BCUT2D eigenvalue weighted by molar-refractivity contribution is 0.0735. The average Bonchev–Trinajstić information content (AvgIpc) is 3.29. The molecule has 3 rings (SSSR count). The first-order chi connectivity index (χ1) is 14.4. The monoisotopic (exact) mass is 427 g/mol. The van der Waals surface area contributed by atoms with Gasteiger partial charge in [-0.15, -0.1) is 0 Å². The number of carbonyl (C=O) groups is 1. The highest BCUT2D eigenvalue weighted by atomic mass is 35.5. The molecule has 1 N–H and O–H groups in total. The summed E-state index contributed by atoms with van der Waals surface area (Å²) in [4.78, 5) is 22.9. The summed E-state index contributed by atoms with van der Waals surface area (Å²) in [5.74, 6) is 0.624. The van der Waals surface area contributed by atoms with Crippen molar-refractivity contribution in [3.05, 3.63) is 59.5 Å². The molecule has 3 aromatic rings. The van der Waals surface area contributed by atoms with Gasteiger partial charge in [0.05, 0.1) is 28.7 Å². The van der Waals surface area contributed by atoms with Crippen molar-refractivity contribution in [3.8, 4) is 5.69 Å². The standard InChI is InChI=1S/C21H26ClN7O/c1-5-16(14-24-20-9-6-15(22)13-23-20)28(4)21(30)18-12-17(27(2)3)7-8-19(18)29-25-10-11-26-29/h6-13,16H,5,14H2,1-4H3,(H,23,24)/t16-/m0/s1. The van der Waals surface area contributed by atoms with Gasteiger partial charge < -0.3 is 15.1 Å². The second-order valence-electron chi connectivity index (χ2n) is 7.14. The van der Waals surface area contributed by atoms with E-state index in [0.717, 1.165) is 17.9 Å². The van der Waals surface area contributed by atoms with Crippen molar-refractivity contribution < 1.29 is 4.79 Å². The van der Waals surface area contributed by atoms with Crippen LogP contribution in [0.1, 0.15) is 23.7 Å². The first-order valence-electron chi connectivity index (χ1n) is 9.71. The predicted molar refractivity (Wildman–Crippen MR) is 120 cm³/mol. The summed E-state index contributed by atoms with van der Waals surface area (Å²) in [7, 11) is 5.70. The number of pyridine rings is 1. The molecule has 8 nitrogen and oxygen atoms in total. The summed E-state index contributed by atoms with van der Waals surface area (Å²) in [5.41, 5.74) is 2.12. The van der Waals surface area contributed by atoms with Crippen LogP contribution in [-0.2, 0) is 0 Å². The van der Waals surface area contributed by atoms with Crippen LogP contribution < -0.4 is 10.2 Å². The van der Waals surface area contributed by atoms with E-state index in [0.29, 0.717) is 22.8 Å². The molecular formula is C21H26ClN7O. The van der Waals surface area contributed by atoms with E-state index in [-0.39, 0.29) is 11.9 Å². The molecule has 0 saturated carbocycles. The van der Waals surface area contributed by atoms with Gasteiger partial charge in [-0.25, -0.2) is 4.98 Å². The van der Waals surface area contributed by atoms with E-state index >= 15 is 0 Å². The molecule has 0 fully saturated rings. The Bertz CT molecular complexity index is 974. The Morgan fingerprint density at radius 2 is 1.90 bits per heavy atom. The summed E-state index contributed by atoms with van der Waals surface area (Å²) >= 11 is 5.89. The summed E-state index contributed by atoms with van der Waals surface area (Å²) in [6.45, 7) is 2.62. The third-order valence-corrected chi connectivity index (χ3v) is 5.17. The second kappa shape index (κ2) is 9.58. The largest absolute Gasteiger partial charge is 0.378 e. The van der Waals surface area contributed by atoms with E-state index in [2.05, 4.69) is 27.4 Å². The Kier molecular flexibility index (Phi) is 6.89. The zero-order valence-electron chi connectivity index (χ0n) is 17.6. The number of likely N-dealkylation sites (N-methyl/N-ethyl adjacent to an activating group) is 1. The first-order valence-corrected chi connectivity index (χ1v) is 10.1. The lowest BCUT2D eigenvalue weighted by Crippen LogP contribution is -2.41. The highest BCUT2D eigenvalue weighted by Crippen LogP contribution is 2.23. The SMILES string of the molecule is CC[C@@H](CNc1ccc(Cl)cn1)N(C)C(=O)c1cc(N(C)C)ccc1-n1nccn1. The van der Waals surface area contributed by atoms with Gasteiger partial charge in [-0.2, -0.15) is 15.0 Å². The van der Waals surface area contributed by atoms with E-state index in [1.807, 2.05) is 50.3 Å². The van der Waals surface area contributed by atoms with Crippen molar-refractivity contribution in [2.24, 2.45) is 0 Å². The third kappa shape index (κ3) is 4.88. The molecule has 1 aromatic carbocycles. The zero-order chi connectivity index (χ0) is 21.7. The lowest BCUT2D eigenvalue weighted by atomic mass is 10.1. The van der Waals surface area contributed by atoms with E-state index in [4.69, 9.17) is 11.6 Å². The molecule has 2 aromatic heterocycles. The average molecular weight is 428 g/mol. The topological polar surface area (TPSA) is 79.2 Å². The number of halogens is 1. The molecule has 158 valence electrons. The molecule has 1 amide bonds. The molecule has 0 spiro atoms. The van der Waals surface area contributed by atoms with Gasteiger partial charge in [-0.3, -0.25) is 4.79 Å². The van der Waals surface area contributed by atoms with Crippen LogP contribution in [0.2, 0.25) is 5.02 Å². The molecule has 30 heavy (non-hydrogen) atoms. The van der Waals surface area contributed by atoms with Crippen molar-refractivity contribution in [2.75, 3.05) is 37.9 Å². The molecule has 0 saturated heterocycles. The number of benzene rings is 1. The Balaban J connectivity index is 1.84. The minimum absolute atomic E-state index is 0.0311. The van der Waals surface area contributed by atoms with Crippen LogP contribution in [0.4, 0.5) is 11.5 Å². The summed E-state index contributed by atoms with van der Waals surface area (Å²) in [5, 5.41) is 12.3. The summed E-state index contributed by atoms with van der Waals surface area (Å²) < 4.78 is 0. The summed E-state index contributed by atoms with van der Waals surface area (Å²) in [6.07, 6.45) is 5.56. The number of nitrogens with one attached hydrogen (secondary N) is 1. The number of hydrogen-bond acceptors (Lipinski definition) is 6. The van der Waals surface area contributed by atoms with Gasteiger partial charge in [0.25, 0.3) is 5.91 Å². The number of carbonyl (C=O) groups excluding carboxylic acids is 1. The normalized spacial score (nSPS) is 11.8. The van der Waals surface area contributed by atoms with Crippen molar-refractivity contribution in [3.63, 3.8) is 0 Å². The predicted octanol–water partition coefficient (Wildman–Crippen LogP) is 3.34. The second-order valence-corrected chi connectivity index (χ2v) is 7.57. The molecule has 2 heterocycles. The van der Waals surface area contributed by atoms with E-state index in [9.17, 15) is 4.79 Å². The van der Waals surface area contributed by atoms with Gasteiger partial charge >= 0.3 is 0 Å². The van der Waals surface area contributed by atoms with Crippen LogP contribution in [0, 0.1) is 0 Å². The fraction of sp³-hybridized carbons (Fsp3) is 0.333. The van der Waals surface area contributed by atoms with E-state index in [1.54, 1.807) is 29.6 Å². The van der Waals surface area contributed by atoms with Crippen LogP contribution in [0.5, 0.6) is 0 Å². The number of anilines is 2. The highest BCUT2D eigenvalue weighted by molar-refractivity contribution is 6.30. The maximum Gasteiger partial charge on any atom is 0.256 e. The molecule has 0 bridgehead atoms. The number of hydrogen-bond donors (Lipinski definition) is 1. The third-order valence-electron chi connectivity index (χ3n) is 4.95. The smallest absolute Gasteiger partial charge is 0.256 e. The molecule has 0 unspecified atom stereocenters. The number of aromatic nitrogens is 4. The fourth-order valence-electron chi connectivity index (χ4n) is 3.10. The molecule has 0 radical (unpaired) electrons.